The highest BCUT2D eigenvalue weighted by atomic mass is 32.1. The van der Waals surface area contributed by atoms with E-state index in [1.54, 1.807) is 11.3 Å². The van der Waals surface area contributed by atoms with Gasteiger partial charge in [-0.2, -0.15) is 0 Å². The van der Waals surface area contributed by atoms with Gasteiger partial charge in [-0.3, -0.25) is 4.79 Å². The summed E-state index contributed by atoms with van der Waals surface area (Å²) in [4.78, 5) is 12.1. The molecule has 1 heterocycles. The highest BCUT2D eigenvalue weighted by Gasteiger charge is 2.21. The minimum atomic E-state index is 0.178. The second-order valence-electron chi connectivity index (χ2n) is 6.58. The quantitative estimate of drug-likeness (QED) is 0.843. The molecular weight excluding hydrogens is 306 g/mol. The number of hydrogen-bond donors (Lipinski definition) is 2. The third-order valence-electron chi connectivity index (χ3n) is 4.88. The molecule has 0 atom stereocenters. The van der Waals surface area contributed by atoms with E-state index in [1.165, 1.54) is 15.6 Å². The molecule has 1 aliphatic rings. The fourth-order valence-electron chi connectivity index (χ4n) is 3.45. The molecule has 1 amide bonds. The minimum absolute atomic E-state index is 0.178. The van der Waals surface area contributed by atoms with Crippen LogP contribution in [0.15, 0.2) is 29.6 Å². The van der Waals surface area contributed by atoms with Crippen LogP contribution in [0.5, 0.6) is 0 Å². The Bertz CT molecular complexity index is 644. The number of hydrogen-bond acceptors (Lipinski definition) is 3. The van der Waals surface area contributed by atoms with Crippen molar-refractivity contribution in [2.24, 2.45) is 5.92 Å². The van der Waals surface area contributed by atoms with E-state index in [0.717, 1.165) is 38.5 Å². The van der Waals surface area contributed by atoms with Crippen LogP contribution >= 0.6 is 11.3 Å². The van der Waals surface area contributed by atoms with E-state index in [9.17, 15) is 4.79 Å². The number of carbonyl (C=O) groups is 1. The maximum Gasteiger partial charge on any atom is 0.220 e. The lowest BCUT2D eigenvalue weighted by Gasteiger charge is -2.27. The number of fused-ring (bicyclic) bond motifs is 1. The Morgan fingerprint density at radius 3 is 2.78 bits per heavy atom. The smallest absolute Gasteiger partial charge is 0.220 e. The molecule has 124 valence electrons. The SMILES string of the molecule is O=C(CCCc1csc2ccccc12)NC1CCC(CO)CC1. The molecule has 23 heavy (non-hydrogen) atoms. The lowest BCUT2D eigenvalue weighted by atomic mass is 9.86. The van der Waals surface area contributed by atoms with Crippen molar-refractivity contribution in [1.29, 1.82) is 0 Å². The number of aliphatic hydroxyl groups is 1. The van der Waals surface area contributed by atoms with Gasteiger partial charge in [-0.1, -0.05) is 18.2 Å². The fraction of sp³-hybridized carbons (Fsp3) is 0.526. The largest absolute Gasteiger partial charge is 0.396 e. The number of aryl methyl sites for hydroxylation is 1. The molecule has 1 aromatic carbocycles. The Morgan fingerprint density at radius 2 is 2.00 bits per heavy atom. The Morgan fingerprint density at radius 1 is 1.22 bits per heavy atom. The summed E-state index contributed by atoms with van der Waals surface area (Å²) in [7, 11) is 0. The van der Waals surface area contributed by atoms with Crippen LogP contribution in [0.25, 0.3) is 10.1 Å². The van der Waals surface area contributed by atoms with E-state index in [-0.39, 0.29) is 12.5 Å². The predicted molar refractivity (Wildman–Crippen MR) is 95.7 cm³/mol. The van der Waals surface area contributed by atoms with Gasteiger partial charge in [0.05, 0.1) is 0 Å². The second-order valence-corrected chi connectivity index (χ2v) is 7.49. The van der Waals surface area contributed by atoms with E-state index in [2.05, 4.69) is 35.0 Å². The van der Waals surface area contributed by atoms with E-state index in [1.807, 2.05) is 0 Å². The standard InChI is InChI=1S/C19H25NO2S/c21-12-14-8-10-16(11-9-14)20-19(22)7-3-4-15-13-23-18-6-2-1-5-17(15)18/h1-2,5-6,13-14,16,21H,3-4,7-12H2,(H,20,22). The lowest BCUT2D eigenvalue weighted by molar-refractivity contribution is -0.122. The van der Waals surface area contributed by atoms with Gasteiger partial charge < -0.3 is 10.4 Å². The van der Waals surface area contributed by atoms with Gasteiger partial charge in [0.15, 0.2) is 0 Å². The third-order valence-corrected chi connectivity index (χ3v) is 5.89. The second kappa shape index (κ2) is 7.93. The van der Waals surface area contributed by atoms with E-state index in [4.69, 9.17) is 5.11 Å². The lowest BCUT2D eigenvalue weighted by Crippen LogP contribution is -2.38. The molecule has 0 saturated heterocycles. The normalized spacial score (nSPS) is 21.4. The van der Waals surface area contributed by atoms with Gasteiger partial charge in [-0.15, -0.1) is 11.3 Å². The first-order valence-corrected chi connectivity index (χ1v) is 9.49. The maximum atomic E-state index is 12.1. The van der Waals surface area contributed by atoms with Crippen LogP contribution in [0, 0.1) is 5.92 Å². The number of amides is 1. The van der Waals surface area contributed by atoms with Crippen molar-refractivity contribution in [3.8, 4) is 0 Å². The minimum Gasteiger partial charge on any atom is -0.396 e. The summed E-state index contributed by atoms with van der Waals surface area (Å²) in [6.45, 7) is 0.287. The Kier molecular flexibility index (Phi) is 5.68. The van der Waals surface area contributed by atoms with Gasteiger partial charge >= 0.3 is 0 Å². The number of aliphatic hydroxyl groups excluding tert-OH is 1. The average molecular weight is 331 g/mol. The molecule has 0 unspecified atom stereocenters. The molecular formula is C19H25NO2S. The molecule has 0 aliphatic heterocycles. The fourth-order valence-corrected chi connectivity index (χ4v) is 4.45. The van der Waals surface area contributed by atoms with E-state index < -0.39 is 0 Å². The molecule has 3 rings (SSSR count). The van der Waals surface area contributed by atoms with E-state index >= 15 is 0 Å². The van der Waals surface area contributed by atoms with Crippen molar-refractivity contribution in [2.75, 3.05) is 6.61 Å². The van der Waals surface area contributed by atoms with Crippen LogP contribution in [0.1, 0.15) is 44.1 Å². The van der Waals surface area contributed by atoms with Gasteiger partial charge in [0.25, 0.3) is 0 Å². The summed E-state index contributed by atoms with van der Waals surface area (Å²) in [5, 5.41) is 15.9. The zero-order valence-corrected chi connectivity index (χ0v) is 14.3. The van der Waals surface area contributed by atoms with Gasteiger partial charge in [-0.05, 0) is 66.8 Å². The van der Waals surface area contributed by atoms with Gasteiger partial charge in [-0.25, -0.2) is 0 Å². The molecule has 1 aromatic heterocycles. The first-order valence-electron chi connectivity index (χ1n) is 8.61. The van der Waals surface area contributed by atoms with Crippen molar-refractivity contribution in [1.82, 2.24) is 5.32 Å². The van der Waals surface area contributed by atoms with Crippen LogP contribution < -0.4 is 5.32 Å². The number of nitrogens with one attached hydrogen (secondary N) is 1. The Hall–Kier alpha value is -1.39. The van der Waals surface area contributed by atoms with Crippen molar-refractivity contribution >= 4 is 27.3 Å². The first kappa shape index (κ1) is 16.5. The molecule has 0 spiro atoms. The first-order chi connectivity index (χ1) is 11.3. The molecule has 0 bridgehead atoms. The third kappa shape index (κ3) is 4.33. The molecule has 1 aliphatic carbocycles. The van der Waals surface area contributed by atoms with Crippen molar-refractivity contribution in [3.05, 3.63) is 35.2 Å². The van der Waals surface area contributed by atoms with Crippen molar-refractivity contribution in [3.63, 3.8) is 0 Å². The van der Waals surface area contributed by atoms with Crippen LogP contribution in [-0.2, 0) is 11.2 Å². The molecule has 4 heteroatoms. The average Bonchev–Trinajstić information content (AvgIpc) is 2.99. The predicted octanol–water partition coefficient (Wildman–Crippen LogP) is 3.89. The maximum absolute atomic E-state index is 12.1. The molecule has 1 fully saturated rings. The van der Waals surface area contributed by atoms with Gasteiger partial charge in [0.2, 0.25) is 5.91 Å². The van der Waals surface area contributed by atoms with Gasteiger partial charge in [0.1, 0.15) is 0 Å². The highest BCUT2D eigenvalue weighted by Crippen LogP contribution is 2.27. The molecule has 1 saturated carbocycles. The summed E-state index contributed by atoms with van der Waals surface area (Å²) in [5.74, 6) is 0.618. The summed E-state index contributed by atoms with van der Waals surface area (Å²) < 4.78 is 1.33. The molecule has 2 N–H and O–H groups in total. The van der Waals surface area contributed by atoms with E-state index in [0.29, 0.717) is 18.4 Å². The summed E-state index contributed by atoms with van der Waals surface area (Å²) in [6.07, 6.45) is 6.54. The van der Waals surface area contributed by atoms with Crippen molar-refractivity contribution in [2.45, 2.75) is 51.0 Å². The monoisotopic (exact) mass is 331 g/mol. The number of thiophene rings is 1. The molecule has 2 aromatic rings. The number of carbonyl (C=O) groups excluding carboxylic acids is 1. The highest BCUT2D eigenvalue weighted by molar-refractivity contribution is 7.17. The number of benzene rings is 1. The number of rotatable bonds is 6. The Labute approximate surface area is 141 Å². The summed E-state index contributed by atoms with van der Waals surface area (Å²) in [5.41, 5.74) is 1.36. The van der Waals surface area contributed by atoms with Crippen molar-refractivity contribution < 1.29 is 9.90 Å². The zero-order valence-electron chi connectivity index (χ0n) is 13.5. The summed E-state index contributed by atoms with van der Waals surface area (Å²) >= 11 is 1.78. The molecule has 0 radical (unpaired) electrons. The van der Waals surface area contributed by atoms with Gasteiger partial charge in [0, 0.05) is 23.8 Å². The van der Waals surface area contributed by atoms with Crippen LogP contribution in [0.4, 0.5) is 0 Å². The topological polar surface area (TPSA) is 49.3 Å². The van der Waals surface area contributed by atoms with Crippen LogP contribution in [-0.4, -0.2) is 23.7 Å². The molecule has 3 nitrogen and oxygen atoms in total. The van der Waals surface area contributed by atoms with Crippen LogP contribution in [0.2, 0.25) is 0 Å². The van der Waals surface area contributed by atoms with Crippen LogP contribution in [0.3, 0.4) is 0 Å². The summed E-state index contributed by atoms with van der Waals surface area (Å²) in [6, 6.07) is 8.78. The zero-order chi connectivity index (χ0) is 16.1. The Balaban J connectivity index is 1.41.